The normalized spacial score (nSPS) is 20.1. The fourth-order valence-corrected chi connectivity index (χ4v) is 3.91. The number of anilines is 1. The molecule has 2 aromatic heterocycles. The standard InChI is InChI=1S/C21H24ClN5/c1-27(2)16-9-7-15(8-10-16)24-21-20(18-5-3-4-12-23-18)25-17-11-6-14(22)13-19(17)26-21/h3-6,11-13,15-16H,7-10H2,1-2H3,(H,24,26). The second-order valence-corrected chi connectivity index (χ2v) is 7.82. The van der Waals surface area contributed by atoms with Gasteiger partial charge in [-0.15, -0.1) is 0 Å². The number of fused-ring (bicyclic) bond motifs is 1. The van der Waals surface area contributed by atoms with Gasteiger partial charge in [-0.1, -0.05) is 17.7 Å². The molecule has 1 saturated carbocycles. The van der Waals surface area contributed by atoms with E-state index in [-0.39, 0.29) is 0 Å². The Labute approximate surface area is 164 Å². The molecule has 0 radical (unpaired) electrons. The molecule has 5 nitrogen and oxygen atoms in total. The number of aromatic nitrogens is 3. The van der Waals surface area contributed by atoms with Crippen molar-refractivity contribution >= 4 is 28.5 Å². The molecule has 0 bridgehead atoms. The molecule has 0 unspecified atom stereocenters. The predicted molar refractivity (Wildman–Crippen MR) is 111 cm³/mol. The SMILES string of the molecule is CN(C)C1CCC(Nc2nc3cc(Cl)ccc3nc2-c2ccccn2)CC1. The molecule has 0 saturated heterocycles. The van der Waals surface area contributed by atoms with Crippen LogP contribution in [0.3, 0.4) is 0 Å². The molecule has 0 atom stereocenters. The minimum atomic E-state index is 0.398. The molecule has 140 valence electrons. The fraction of sp³-hybridized carbons (Fsp3) is 0.381. The zero-order valence-electron chi connectivity index (χ0n) is 15.7. The van der Waals surface area contributed by atoms with Crippen LogP contribution in [0.1, 0.15) is 25.7 Å². The summed E-state index contributed by atoms with van der Waals surface area (Å²) in [5, 5.41) is 4.31. The zero-order chi connectivity index (χ0) is 18.8. The second kappa shape index (κ2) is 7.79. The molecule has 27 heavy (non-hydrogen) atoms. The smallest absolute Gasteiger partial charge is 0.155 e. The van der Waals surface area contributed by atoms with Crippen LogP contribution in [0, 0.1) is 0 Å². The van der Waals surface area contributed by atoms with Crippen molar-refractivity contribution in [3.63, 3.8) is 0 Å². The molecule has 6 heteroatoms. The quantitative estimate of drug-likeness (QED) is 0.714. The van der Waals surface area contributed by atoms with E-state index in [1.807, 2.05) is 36.4 Å². The minimum absolute atomic E-state index is 0.398. The lowest BCUT2D eigenvalue weighted by Gasteiger charge is -2.33. The van der Waals surface area contributed by atoms with E-state index >= 15 is 0 Å². The Morgan fingerprint density at radius 1 is 1.00 bits per heavy atom. The van der Waals surface area contributed by atoms with E-state index in [0.717, 1.165) is 41.1 Å². The molecular formula is C21H24ClN5. The Hall–Kier alpha value is -2.24. The van der Waals surface area contributed by atoms with E-state index in [0.29, 0.717) is 17.1 Å². The van der Waals surface area contributed by atoms with Gasteiger partial charge in [-0.3, -0.25) is 4.98 Å². The van der Waals surface area contributed by atoms with Crippen molar-refractivity contribution < 1.29 is 0 Å². The van der Waals surface area contributed by atoms with E-state index in [4.69, 9.17) is 21.6 Å². The summed E-state index contributed by atoms with van der Waals surface area (Å²) in [5.41, 5.74) is 3.24. The summed E-state index contributed by atoms with van der Waals surface area (Å²) >= 11 is 6.16. The molecule has 0 amide bonds. The summed E-state index contributed by atoms with van der Waals surface area (Å²) in [7, 11) is 4.33. The topological polar surface area (TPSA) is 53.9 Å². The number of halogens is 1. The molecule has 1 aromatic carbocycles. The highest BCUT2D eigenvalue weighted by Gasteiger charge is 2.24. The van der Waals surface area contributed by atoms with E-state index in [2.05, 4.69) is 29.3 Å². The number of benzene rings is 1. The molecule has 0 spiro atoms. The summed E-state index contributed by atoms with van der Waals surface area (Å²) in [4.78, 5) is 16.5. The van der Waals surface area contributed by atoms with E-state index in [1.165, 1.54) is 12.8 Å². The lowest BCUT2D eigenvalue weighted by atomic mass is 9.90. The molecule has 1 aliphatic carbocycles. The first kappa shape index (κ1) is 18.1. The molecule has 4 rings (SSSR count). The first-order valence-corrected chi connectivity index (χ1v) is 9.79. The number of pyridine rings is 1. The highest BCUT2D eigenvalue weighted by Crippen LogP contribution is 2.30. The maximum atomic E-state index is 6.16. The van der Waals surface area contributed by atoms with Crippen LogP contribution in [0.5, 0.6) is 0 Å². The van der Waals surface area contributed by atoms with Crippen molar-refractivity contribution in [2.24, 2.45) is 0 Å². The molecule has 1 fully saturated rings. The summed E-state index contributed by atoms with van der Waals surface area (Å²) in [5.74, 6) is 0.789. The Kier molecular flexibility index (Phi) is 5.23. The van der Waals surface area contributed by atoms with E-state index in [9.17, 15) is 0 Å². The number of nitrogens with zero attached hydrogens (tertiary/aromatic N) is 4. The minimum Gasteiger partial charge on any atom is -0.365 e. The van der Waals surface area contributed by atoms with Gasteiger partial charge < -0.3 is 10.2 Å². The van der Waals surface area contributed by atoms with Crippen LogP contribution in [-0.4, -0.2) is 46.0 Å². The van der Waals surface area contributed by atoms with Crippen molar-refractivity contribution in [2.45, 2.75) is 37.8 Å². The van der Waals surface area contributed by atoms with Crippen molar-refractivity contribution in [1.29, 1.82) is 0 Å². The van der Waals surface area contributed by atoms with Crippen molar-refractivity contribution in [3.8, 4) is 11.4 Å². The first-order valence-electron chi connectivity index (χ1n) is 9.42. The average Bonchev–Trinajstić information content (AvgIpc) is 2.68. The third-order valence-electron chi connectivity index (χ3n) is 5.30. The van der Waals surface area contributed by atoms with Crippen LogP contribution in [-0.2, 0) is 0 Å². The number of rotatable bonds is 4. The lowest BCUT2D eigenvalue weighted by molar-refractivity contribution is 0.221. The lowest BCUT2D eigenvalue weighted by Crippen LogP contribution is -2.36. The summed E-state index contributed by atoms with van der Waals surface area (Å²) in [6.07, 6.45) is 6.42. The van der Waals surface area contributed by atoms with Gasteiger partial charge in [0.25, 0.3) is 0 Å². The van der Waals surface area contributed by atoms with Gasteiger partial charge in [-0.25, -0.2) is 9.97 Å². The van der Waals surface area contributed by atoms with Crippen LogP contribution in [0.4, 0.5) is 5.82 Å². The van der Waals surface area contributed by atoms with E-state index < -0.39 is 0 Å². The van der Waals surface area contributed by atoms with Crippen LogP contribution >= 0.6 is 11.6 Å². The summed E-state index contributed by atoms with van der Waals surface area (Å²) < 4.78 is 0. The Morgan fingerprint density at radius 3 is 2.52 bits per heavy atom. The van der Waals surface area contributed by atoms with Crippen molar-refractivity contribution in [3.05, 3.63) is 47.6 Å². The molecule has 0 aliphatic heterocycles. The molecule has 1 aliphatic rings. The van der Waals surface area contributed by atoms with Gasteiger partial charge in [0.1, 0.15) is 5.69 Å². The number of hydrogen-bond acceptors (Lipinski definition) is 5. The summed E-state index contributed by atoms with van der Waals surface area (Å²) in [6, 6.07) is 12.5. The number of hydrogen-bond donors (Lipinski definition) is 1. The van der Waals surface area contributed by atoms with Gasteiger partial charge >= 0.3 is 0 Å². The van der Waals surface area contributed by atoms with Gasteiger partial charge in [0.05, 0.1) is 16.7 Å². The highest BCUT2D eigenvalue weighted by atomic mass is 35.5. The van der Waals surface area contributed by atoms with Gasteiger partial charge in [-0.2, -0.15) is 0 Å². The van der Waals surface area contributed by atoms with Crippen molar-refractivity contribution in [2.75, 3.05) is 19.4 Å². The van der Waals surface area contributed by atoms with Gasteiger partial charge in [-0.05, 0) is 70.1 Å². The molecule has 3 aromatic rings. The van der Waals surface area contributed by atoms with Gasteiger partial charge in [0.15, 0.2) is 5.82 Å². The van der Waals surface area contributed by atoms with Crippen LogP contribution in [0.25, 0.3) is 22.4 Å². The monoisotopic (exact) mass is 381 g/mol. The second-order valence-electron chi connectivity index (χ2n) is 7.38. The Morgan fingerprint density at radius 2 is 1.81 bits per heavy atom. The highest BCUT2D eigenvalue weighted by molar-refractivity contribution is 6.31. The number of nitrogens with one attached hydrogen (secondary N) is 1. The maximum Gasteiger partial charge on any atom is 0.155 e. The van der Waals surface area contributed by atoms with Gasteiger partial charge in [0.2, 0.25) is 0 Å². The Bertz CT molecular complexity index is 921. The fourth-order valence-electron chi connectivity index (χ4n) is 3.74. The molecule has 1 N–H and O–H groups in total. The van der Waals surface area contributed by atoms with Crippen LogP contribution < -0.4 is 5.32 Å². The summed E-state index contributed by atoms with van der Waals surface area (Å²) in [6.45, 7) is 0. The zero-order valence-corrected chi connectivity index (χ0v) is 16.4. The van der Waals surface area contributed by atoms with Crippen molar-refractivity contribution in [1.82, 2.24) is 19.9 Å². The van der Waals surface area contributed by atoms with Crippen LogP contribution in [0.15, 0.2) is 42.6 Å². The van der Waals surface area contributed by atoms with Gasteiger partial charge in [0, 0.05) is 23.3 Å². The first-order chi connectivity index (χ1) is 13.1. The largest absolute Gasteiger partial charge is 0.365 e. The third kappa shape index (κ3) is 4.04. The average molecular weight is 382 g/mol. The Balaban J connectivity index is 1.67. The third-order valence-corrected chi connectivity index (χ3v) is 5.54. The molecule has 2 heterocycles. The van der Waals surface area contributed by atoms with E-state index in [1.54, 1.807) is 6.20 Å². The maximum absolute atomic E-state index is 6.16. The molecular weight excluding hydrogens is 358 g/mol. The predicted octanol–water partition coefficient (Wildman–Crippen LogP) is 4.63. The van der Waals surface area contributed by atoms with Crippen LogP contribution in [0.2, 0.25) is 5.02 Å².